The van der Waals surface area contributed by atoms with Crippen LogP contribution in [0.5, 0.6) is 0 Å². The smallest absolute Gasteiger partial charge is 0.326 e. The zero-order valence-corrected chi connectivity index (χ0v) is 15.4. The zero-order valence-electron chi connectivity index (χ0n) is 15.4. The molecule has 1 saturated heterocycles. The lowest BCUT2D eigenvalue weighted by molar-refractivity contribution is -0.148. The molecule has 0 bridgehead atoms. The minimum absolute atomic E-state index is 0.0540. The van der Waals surface area contributed by atoms with Crippen LogP contribution >= 0.6 is 0 Å². The summed E-state index contributed by atoms with van der Waals surface area (Å²) in [5.74, 6) is -1.25. The highest BCUT2D eigenvalue weighted by Crippen LogP contribution is 2.19. The number of amides is 2. The summed E-state index contributed by atoms with van der Waals surface area (Å²) in [6.45, 7) is 3.75. The second-order valence-corrected chi connectivity index (χ2v) is 6.74. The Morgan fingerprint density at radius 2 is 1.92 bits per heavy atom. The lowest BCUT2D eigenvalue weighted by Crippen LogP contribution is -2.41. The summed E-state index contributed by atoms with van der Waals surface area (Å²) in [6.07, 6.45) is 3.29. The van der Waals surface area contributed by atoms with Crippen LogP contribution in [0.4, 0.5) is 0 Å². The van der Waals surface area contributed by atoms with Crippen LogP contribution in [0.2, 0.25) is 0 Å². The maximum Gasteiger partial charge on any atom is 0.326 e. The van der Waals surface area contributed by atoms with Gasteiger partial charge >= 0.3 is 5.97 Å². The van der Waals surface area contributed by atoms with Gasteiger partial charge in [-0.3, -0.25) is 9.59 Å². The van der Waals surface area contributed by atoms with E-state index in [0.717, 1.165) is 18.4 Å². The number of carbonyl (C=O) groups excluding carboxylic acids is 2. The fourth-order valence-electron chi connectivity index (χ4n) is 3.28. The van der Waals surface area contributed by atoms with Crippen LogP contribution in [-0.4, -0.2) is 51.8 Å². The maximum absolute atomic E-state index is 12.6. The van der Waals surface area contributed by atoms with E-state index in [0.29, 0.717) is 32.5 Å². The molecule has 0 aliphatic carbocycles. The number of likely N-dealkylation sites (tertiary alicyclic amines) is 1. The van der Waals surface area contributed by atoms with Gasteiger partial charge in [-0.25, -0.2) is 4.79 Å². The molecule has 1 fully saturated rings. The fourth-order valence-corrected chi connectivity index (χ4v) is 3.28. The first-order valence-corrected chi connectivity index (χ1v) is 9.37. The van der Waals surface area contributed by atoms with Gasteiger partial charge in [0.1, 0.15) is 6.04 Å². The lowest BCUT2D eigenvalue weighted by Gasteiger charge is -2.24. The highest BCUT2D eigenvalue weighted by Gasteiger charge is 2.33. The molecule has 2 rings (SSSR count). The molecule has 1 atom stereocenters. The average Bonchev–Trinajstić information content (AvgIpc) is 3.14. The van der Waals surface area contributed by atoms with Crippen molar-refractivity contribution in [1.29, 1.82) is 0 Å². The molecule has 1 aromatic carbocycles. The Morgan fingerprint density at radius 3 is 2.58 bits per heavy atom. The van der Waals surface area contributed by atoms with Gasteiger partial charge < -0.3 is 14.9 Å². The molecule has 0 aromatic heterocycles. The van der Waals surface area contributed by atoms with Crippen LogP contribution in [0.15, 0.2) is 30.3 Å². The van der Waals surface area contributed by atoms with Crippen molar-refractivity contribution in [1.82, 2.24) is 9.80 Å². The van der Waals surface area contributed by atoms with Gasteiger partial charge in [-0.2, -0.15) is 0 Å². The number of unbranched alkanes of at least 4 members (excludes halogenated alkanes) is 1. The molecular formula is C20H28N2O4. The van der Waals surface area contributed by atoms with Crippen LogP contribution in [-0.2, 0) is 20.9 Å². The second-order valence-electron chi connectivity index (χ2n) is 6.74. The van der Waals surface area contributed by atoms with Gasteiger partial charge in [0.15, 0.2) is 0 Å². The van der Waals surface area contributed by atoms with Crippen molar-refractivity contribution in [3.05, 3.63) is 35.9 Å². The van der Waals surface area contributed by atoms with Crippen molar-refractivity contribution in [3.63, 3.8) is 0 Å². The highest BCUT2D eigenvalue weighted by atomic mass is 16.4. The largest absolute Gasteiger partial charge is 0.480 e. The number of carbonyl (C=O) groups is 3. The van der Waals surface area contributed by atoms with Crippen LogP contribution in [0.3, 0.4) is 0 Å². The van der Waals surface area contributed by atoms with Gasteiger partial charge in [0, 0.05) is 32.5 Å². The van der Waals surface area contributed by atoms with Gasteiger partial charge in [-0.1, -0.05) is 43.7 Å². The maximum atomic E-state index is 12.6. The number of nitrogens with zero attached hydrogens (tertiary/aromatic N) is 2. The third-order valence-corrected chi connectivity index (χ3v) is 4.76. The van der Waals surface area contributed by atoms with E-state index in [1.165, 1.54) is 4.90 Å². The van der Waals surface area contributed by atoms with Crippen LogP contribution in [0.25, 0.3) is 0 Å². The standard InChI is InChI=1S/C20H28N2O4/c1-2-3-13-21(15-16-8-5-4-6-9-16)18(23)11-12-19(24)22-14-7-10-17(22)20(25)26/h4-6,8-9,17H,2-3,7,10-15H2,1H3,(H,25,26)/t17-/m0/s1. The highest BCUT2D eigenvalue weighted by molar-refractivity contribution is 5.87. The third-order valence-electron chi connectivity index (χ3n) is 4.76. The normalized spacial score (nSPS) is 16.5. The first-order valence-electron chi connectivity index (χ1n) is 9.37. The number of aliphatic carboxylic acids is 1. The number of carboxylic acids is 1. The Labute approximate surface area is 154 Å². The Hall–Kier alpha value is -2.37. The summed E-state index contributed by atoms with van der Waals surface area (Å²) in [4.78, 5) is 39.4. The van der Waals surface area contributed by atoms with Gasteiger partial charge in [-0.05, 0) is 24.8 Å². The number of rotatable bonds is 9. The summed E-state index contributed by atoms with van der Waals surface area (Å²) in [6, 6.07) is 9.06. The molecule has 26 heavy (non-hydrogen) atoms. The Kier molecular flexibility index (Phi) is 7.63. The quantitative estimate of drug-likeness (QED) is 0.734. The molecule has 0 unspecified atom stereocenters. The predicted octanol–water partition coefficient (Wildman–Crippen LogP) is 2.67. The van der Waals surface area contributed by atoms with E-state index >= 15 is 0 Å². The molecule has 1 aromatic rings. The van der Waals surface area contributed by atoms with E-state index in [9.17, 15) is 19.5 Å². The number of hydrogen-bond acceptors (Lipinski definition) is 3. The van der Waals surface area contributed by atoms with Crippen LogP contribution < -0.4 is 0 Å². The first kappa shape index (κ1) is 19.9. The summed E-state index contributed by atoms with van der Waals surface area (Å²) in [7, 11) is 0. The third kappa shape index (κ3) is 5.58. The van der Waals surface area contributed by atoms with Gasteiger partial charge in [0.05, 0.1) is 0 Å². The van der Waals surface area contributed by atoms with E-state index in [-0.39, 0.29) is 24.7 Å². The fraction of sp³-hybridized carbons (Fsp3) is 0.550. The van der Waals surface area contributed by atoms with Crippen molar-refractivity contribution in [2.45, 2.75) is 58.0 Å². The van der Waals surface area contributed by atoms with E-state index in [1.807, 2.05) is 30.3 Å². The van der Waals surface area contributed by atoms with Gasteiger partial charge in [0.2, 0.25) is 11.8 Å². The lowest BCUT2D eigenvalue weighted by atomic mass is 10.1. The van der Waals surface area contributed by atoms with Crippen LogP contribution in [0, 0.1) is 0 Å². The molecule has 0 radical (unpaired) electrons. The van der Waals surface area contributed by atoms with Crippen molar-refractivity contribution in [3.8, 4) is 0 Å². The first-order chi connectivity index (χ1) is 12.5. The molecule has 1 aliphatic heterocycles. The summed E-state index contributed by atoms with van der Waals surface area (Å²) < 4.78 is 0. The van der Waals surface area contributed by atoms with Gasteiger partial charge in [0.25, 0.3) is 0 Å². The van der Waals surface area contributed by atoms with Crippen molar-refractivity contribution in [2.75, 3.05) is 13.1 Å². The molecule has 0 spiro atoms. The molecule has 1 heterocycles. The Balaban J connectivity index is 1.91. The molecule has 6 heteroatoms. The van der Waals surface area contributed by atoms with Crippen molar-refractivity contribution in [2.24, 2.45) is 0 Å². The van der Waals surface area contributed by atoms with E-state index in [1.54, 1.807) is 4.90 Å². The van der Waals surface area contributed by atoms with Crippen molar-refractivity contribution >= 4 is 17.8 Å². The zero-order chi connectivity index (χ0) is 18.9. The monoisotopic (exact) mass is 360 g/mol. The Morgan fingerprint density at radius 1 is 1.19 bits per heavy atom. The minimum Gasteiger partial charge on any atom is -0.480 e. The molecule has 2 amide bonds. The summed E-state index contributed by atoms with van der Waals surface area (Å²) in [5, 5.41) is 9.19. The molecule has 6 nitrogen and oxygen atoms in total. The molecular weight excluding hydrogens is 332 g/mol. The topological polar surface area (TPSA) is 77.9 Å². The molecule has 142 valence electrons. The van der Waals surface area contributed by atoms with Crippen molar-refractivity contribution < 1.29 is 19.5 Å². The van der Waals surface area contributed by atoms with E-state index in [2.05, 4.69) is 6.92 Å². The molecule has 0 saturated carbocycles. The van der Waals surface area contributed by atoms with E-state index in [4.69, 9.17) is 0 Å². The number of hydrogen-bond donors (Lipinski definition) is 1. The number of carboxylic acid groups (broad SMARTS) is 1. The average molecular weight is 360 g/mol. The van der Waals surface area contributed by atoms with Crippen LogP contribution in [0.1, 0.15) is 51.0 Å². The minimum atomic E-state index is -0.962. The summed E-state index contributed by atoms with van der Waals surface area (Å²) in [5.41, 5.74) is 1.06. The summed E-state index contributed by atoms with van der Waals surface area (Å²) >= 11 is 0. The Bertz CT molecular complexity index is 617. The van der Waals surface area contributed by atoms with E-state index < -0.39 is 12.0 Å². The molecule has 1 N–H and O–H groups in total. The number of benzene rings is 1. The molecule has 1 aliphatic rings. The second kappa shape index (κ2) is 9.94. The predicted molar refractivity (Wildman–Crippen MR) is 98.4 cm³/mol. The van der Waals surface area contributed by atoms with Gasteiger partial charge in [-0.15, -0.1) is 0 Å². The SMILES string of the molecule is CCCCN(Cc1ccccc1)C(=O)CCC(=O)N1CCC[C@H]1C(=O)O.